The minimum atomic E-state index is -0.568. The highest BCUT2D eigenvalue weighted by atomic mass is 79.9. The van der Waals surface area contributed by atoms with Crippen molar-refractivity contribution >= 4 is 50.2 Å². The highest BCUT2D eigenvalue weighted by Gasteiger charge is 2.26. The molecular weight excluding hydrogens is 595 g/mol. The first-order valence-corrected chi connectivity index (χ1v) is 14.4. The first-order chi connectivity index (χ1) is 18.9. The van der Waals surface area contributed by atoms with E-state index < -0.39 is 5.82 Å². The number of nitrogens with zero attached hydrogens (tertiary/aromatic N) is 5. The zero-order valence-electron chi connectivity index (χ0n) is 21.9. The summed E-state index contributed by atoms with van der Waals surface area (Å²) in [5.74, 6) is 0.0406. The van der Waals surface area contributed by atoms with E-state index in [1.54, 1.807) is 13.0 Å². The standard InChI is InChI=1S/C26H33BrClFN6O4/c1-2-38-21(36)16-37-15-17-4-8-34(9-5-17)11-12-39-26-32-24-19(13-20(28)22(27)23(24)29)25(33-26)35-10-7-31-18(14-35)3-6-30/h13,17-18,31H,2-5,7-12,14-16H2,1H3/t18-/m0/s1. The molecule has 1 aromatic carbocycles. The number of aromatic nitrogens is 2. The van der Waals surface area contributed by atoms with Crippen LogP contribution in [0.4, 0.5) is 10.2 Å². The second-order valence-corrected chi connectivity index (χ2v) is 10.8. The van der Waals surface area contributed by atoms with Crippen molar-refractivity contribution in [1.29, 1.82) is 5.26 Å². The van der Waals surface area contributed by atoms with E-state index in [2.05, 4.69) is 42.2 Å². The molecule has 0 radical (unpaired) electrons. The van der Waals surface area contributed by atoms with Crippen molar-refractivity contribution in [3.05, 3.63) is 21.4 Å². The molecule has 0 bridgehead atoms. The Morgan fingerprint density at radius 3 is 2.87 bits per heavy atom. The molecule has 1 aromatic heterocycles. The molecule has 2 aromatic rings. The highest BCUT2D eigenvalue weighted by molar-refractivity contribution is 9.10. The summed E-state index contributed by atoms with van der Waals surface area (Å²) < 4.78 is 31.7. The summed E-state index contributed by atoms with van der Waals surface area (Å²) >= 11 is 9.48. The summed E-state index contributed by atoms with van der Waals surface area (Å²) in [6.07, 6.45) is 2.29. The number of likely N-dealkylation sites (tertiary alicyclic amines) is 1. The Hall–Kier alpha value is -2.30. The molecule has 3 heterocycles. The maximum absolute atomic E-state index is 15.2. The van der Waals surface area contributed by atoms with Crippen molar-refractivity contribution in [2.75, 3.05) is 70.6 Å². The largest absolute Gasteiger partial charge is 0.464 e. The predicted molar refractivity (Wildman–Crippen MR) is 149 cm³/mol. The fourth-order valence-electron chi connectivity index (χ4n) is 4.86. The molecule has 0 saturated carbocycles. The van der Waals surface area contributed by atoms with E-state index in [1.165, 1.54) is 0 Å². The van der Waals surface area contributed by atoms with Crippen LogP contribution >= 0.6 is 27.5 Å². The molecule has 212 valence electrons. The van der Waals surface area contributed by atoms with E-state index in [0.717, 1.165) is 25.9 Å². The van der Waals surface area contributed by atoms with Crippen LogP contribution in [-0.2, 0) is 14.3 Å². The molecule has 1 atom stereocenters. The monoisotopic (exact) mass is 626 g/mol. The Labute approximate surface area is 240 Å². The van der Waals surface area contributed by atoms with Gasteiger partial charge >= 0.3 is 12.0 Å². The van der Waals surface area contributed by atoms with Gasteiger partial charge in [0.05, 0.1) is 35.2 Å². The second-order valence-electron chi connectivity index (χ2n) is 9.63. The molecular formula is C26H33BrClFN6O4. The molecule has 10 nitrogen and oxygen atoms in total. The van der Waals surface area contributed by atoms with Gasteiger partial charge in [-0.25, -0.2) is 9.18 Å². The molecule has 0 unspecified atom stereocenters. The van der Waals surface area contributed by atoms with Crippen LogP contribution in [-0.4, -0.2) is 92.6 Å². The molecule has 0 amide bonds. The number of carbonyl (C=O) groups excluding carboxylic acids is 1. The van der Waals surface area contributed by atoms with E-state index in [4.69, 9.17) is 31.1 Å². The molecule has 2 saturated heterocycles. The summed E-state index contributed by atoms with van der Waals surface area (Å²) in [5.41, 5.74) is 0.130. The molecule has 2 aliphatic heterocycles. The van der Waals surface area contributed by atoms with Gasteiger partial charge in [-0.05, 0) is 60.8 Å². The van der Waals surface area contributed by atoms with Crippen LogP contribution in [0.1, 0.15) is 26.2 Å². The normalized spacial score (nSPS) is 18.7. The molecule has 4 rings (SSSR count). The molecule has 2 fully saturated rings. The minimum Gasteiger partial charge on any atom is -0.464 e. The maximum Gasteiger partial charge on any atom is 0.332 e. The van der Waals surface area contributed by atoms with Gasteiger partial charge in [-0.3, -0.25) is 4.90 Å². The third-order valence-electron chi connectivity index (χ3n) is 6.90. The van der Waals surface area contributed by atoms with Gasteiger partial charge < -0.3 is 24.4 Å². The van der Waals surface area contributed by atoms with Gasteiger partial charge in [0.2, 0.25) is 0 Å². The number of piperidine rings is 1. The Morgan fingerprint density at radius 1 is 1.33 bits per heavy atom. The van der Waals surface area contributed by atoms with Gasteiger partial charge in [-0.15, -0.1) is 0 Å². The van der Waals surface area contributed by atoms with Gasteiger partial charge in [0.1, 0.15) is 24.5 Å². The summed E-state index contributed by atoms with van der Waals surface area (Å²) in [5, 5.41) is 13.2. The van der Waals surface area contributed by atoms with Gasteiger partial charge in [-0.1, -0.05) is 11.6 Å². The number of nitriles is 1. The van der Waals surface area contributed by atoms with Crippen LogP contribution in [0, 0.1) is 23.1 Å². The summed E-state index contributed by atoms with van der Waals surface area (Å²) in [6, 6.07) is 3.94. The number of ether oxygens (including phenoxy) is 3. The van der Waals surface area contributed by atoms with Gasteiger partial charge in [0, 0.05) is 37.6 Å². The molecule has 1 N–H and O–H groups in total. The smallest absolute Gasteiger partial charge is 0.332 e. The number of nitrogens with one attached hydrogen (secondary N) is 1. The Bertz CT molecular complexity index is 1190. The first-order valence-electron chi connectivity index (χ1n) is 13.2. The van der Waals surface area contributed by atoms with Crippen LogP contribution in [0.25, 0.3) is 10.9 Å². The zero-order chi connectivity index (χ0) is 27.8. The SMILES string of the molecule is CCOC(=O)COCC1CCN(CCOc2nc(N3CCN[C@@H](CC#N)C3)c3cc(Cl)c(Br)c(F)c3n2)CC1. The zero-order valence-corrected chi connectivity index (χ0v) is 24.3. The number of rotatable bonds is 11. The van der Waals surface area contributed by atoms with Gasteiger partial charge in [0.25, 0.3) is 0 Å². The van der Waals surface area contributed by atoms with Crippen molar-refractivity contribution in [1.82, 2.24) is 20.2 Å². The average Bonchev–Trinajstić information content (AvgIpc) is 2.93. The lowest BCUT2D eigenvalue weighted by Gasteiger charge is -2.34. The Balaban J connectivity index is 1.37. The summed E-state index contributed by atoms with van der Waals surface area (Å²) in [4.78, 5) is 24.8. The minimum absolute atomic E-state index is 0.00800. The van der Waals surface area contributed by atoms with Gasteiger partial charge in [0.15, 0.2) is 5.82 Å². The van der Waals surface area contributed by atoms with Crippen molar-refractivity contribution in [3.8, 4) is 12.1 Å². The van der Waals surface area contributed by atoms with E-state index >= 15 is 4.39 Å². The van der Waals surface area contributed by atoms with E-state index in [9.17, 15) is 4.79 Å². The predicted octanol–water partition coefficient (Wildman–Crippen LogP) is 3.55. The van der Waals surface area contributed by atoms with Crippen molar-refractivity contribution in [2.24, 2.45) is 5.92 Å². The van der Waals surface area contributed by atoms with E-state index in [-0.39, 0.29) is 39.6 Å². The fourth-order valence-corrected chi connectivity index (χ4v) is 5.36. The van der Waals surface area contributed by atoms with Crippen LogP contribution < -0.4 is 15.0 Å². The van der Waals surface area contributed by atoms with Crippen molar-refractivity contribution < 1.29 is 23.4 Å². The van der Waals surface area contributed by atoms with E-state index in [0.29, 0.717) is 69.5 Å². The van der Waals surface area contributed by atoms with Crippen molar-refractivity contribution in [2.45, 2.75) is 32.2 Å². The van der Waals surface area contributed by atoms with E-state index in [1.807, 2.05) is 4.90 Å². The Morgan fingerprint density at radius 2 is 2.13 bits per heavy atom. The van der Waals surface area contributed by atoms with Crippen LogP contribution in [0.3, 0.4) is 0 Å². The molecule has 0 aliphatic carbocycles. The number of esters is 1. The van der Waals surface area contributed by atoms with Crippen LogP contribution in [0.15, 0.2) is 10.5 Å². The number of piperazine rings is 1. The average molecular weight is 628 g/mol. The second kappa shape index (κ2) is 14.4. The maximum atomic E-state index is 15.2. The Kier molecular flexibility index (Phi) is 10.9. The highest BCUT2D eigenvalue weighted by Crippen LogP contribution is 2.36. The third-order valence-corrected chi connectivity index (χ3v) is 8.21. The number of hydrogen-bond donors (Lipinski definition) is 1. The molecule has 0 spiro atoms. The number of fused-ring (bicyclic) bond motifs is 1. The summed E-state index contributed by atoms with van der Waals surface area (Å²) in [6.45, 7) is 7.34. The van der Waals surface area contributed by atoms with Gasteiger partial charge in [-0.2, -0.15) is 15.2 Å². The first kappa shape index (κ1) is 29.7. The topological polar surface area (TPSA) is 113 Å². The lowest BCUT2D eigenvalue weighted by molar-refractivity contribution is -0.149. The number of hydrogen-bond acceptors (Lipinski definition) is 10. The number of anilines is 1. The molecule has 13 heteroatoms. The van der Waals surface area contributed by atoms with Crippen LogP contribution in [0.5, 0.6) is 6.01 Å². The number of benzene rings is 1. The third kappa shape index (κ3) is 7.89. The number of carbonyl (C=O) groups is 1. The lowest BCUT2D eigenvalue weighted by Crippen LogP contribution is -2.51. The molecule has 39 heavy (non-hydrogen) atoms. The lowest BCUT2D eigenvalue weighted by atomic mass is 9.98. The number of halogens is 3. The quantitative estimate of drug-likeness (QED) is 0.293. The summed E-state index contributed by atoms with van der Waals surface area (Å²) in [7, 11) is 0. The van der Waals surface area contributed by atoms with Crippen molar-refractivity contribution in [3.63, 3.8) is 0 Å². The molecule has 2 aliphatic rings. The fraction of sp³-hybridized carbons (Fsp3) is 0.615. The van der Waals surface area contributed by atoms with Crippen LogP contribution in [0.2, 0.25) is 5.02 Å².